The van der Waals surface area contributed by atoms with Crippen molar-refractivity contribution in [2.75, 3.05) is 7.11 Å². The summed E-state index contributed by atoms with van der Waals surface area (Å²) in [6, 6.07) is 0.155. The van der Waals surface area contributed by atoms with Crippen molar-refractivity contribution in [1.29, 1.82) is 0 Å². The molecule has 0 aliphatic carbocycles. The van der Waals surface area contributed by atoms with Crippen LogP contribution in [-0.2, 0) is 4.74 Å². The highest BCUT2D eigenvalue weighted by atomic mass is 16.5. The molecule has 1 unspecified atom stereocenters. The summed E-state index contributed by atoms with van der Waals surface area (Å²) in [6.07, 6.45) is 1.94. The van der Waals surface area contributed by atoms with E-state index in [1.54, 1.807) is 7.11 Å². The van der Waals surface area contributed by atoms with Crippen molar-refractivity contribution < 1.29 is 4.74 Å². The van der Waals surface area contributed by atoms with E-state index in [2.05, 4.69) is 20.8 Å². The van der Waals surface area contributed by atoms with Crippen molar-refractivity contribution in [3.63, 3.8) is 0 Å². The van der Waals surface area contributed by atoms with Crippen molar-refractivity contribution in [3.8, 4) is 0 Å². The number of nitrogens with two attached hydrogens (primary N) is 1. The quantitative estimate of drug-likeness (QED) is 0.651. The zero-order valence-corrected chi connectivity index (χ0v) is 7.48. The Morgan fingerprint density at radius 2 is 2.00 bits per heavy atom. The molecule has 2 atom stereocenters. The van der Waals surface area contributed by atoms with Crippen LogP contribution in [0, 0.1) is 0 Å². The minimum absolute atomic E-state index is 0.130. The third-order valence-electron chi connectivity index (χ3n) is 2.39. The van der Waals surface area contributed by atoms with E-state index in [4.69, 9.17) is 10.5 Å². The Kier molecular flexibility index (Phi) is 3.91. The average Bonchev–Trinajstić information content (AvgIpc) is 2.01. The van der Waals surface area contributed by atoms with E-state index in [1.807, 2.05) is 0 Å². The summed E-state index contributed by atoms with van der Waals surface area (Å²) < 4.78 is 5.31. The van der Waals surface area contributed by atoms with E-state index >= 15 is 0 Å². The molecule has 10 heavy (non-hydrogen) atoms. The molecule has 0 heterocycles. The normalized spacial score (nSPS) is 20.1. The summed E-state index contributed by atoms with van der Waals surface area (Å²) >= 11 is 0. The first kappa shape index (κ1) is 9.92. The van der Waals surface area contributed by atoms with Gasteiger partial charge in [-0.3, -0.25) is 0 Å². The van der Waals surface area contributed by atoms with Gasteiger partial charge in [0.15, 0.2) is 0 Å². The molecule has 0 radical (unpaired) electrons. The Labute approximate surface area is 63.7 Å². The maximum absolute atomic E-state index is 5.85. The second-order valence-electron chi connectivity index (χ2n) is 2.89. The summed E-state index contributed by atoms with van der Waals surface area (Å²) in [5.41, 5.74) is 5.72. The van der Waals surface area contributed by atoms with Crippen LogP contribution >= 0.6 is 0 Å². The van der Waals surface area contributed by atoms with Gasteiger partial charge in [-0.05, 0) is 19.8 Å². The van der Waals surface area contributed by atoms with Crippen LogP contribution < -0.4 is 5.73 Å². The minimum Gasteiger partial charge on any atom is -0.377 e. The predicted molar refractivity (Wildman–Crippen MR) is 44.0 cm³/mol. The first-order valence-electron chi connectivity index (χ1n) is 3.91. The van der Waals surface area contributed by atoms with Crippen molar-refractivity contribution in [1.82, 2.24) is 0 Å². The van der Waals surface area contributed by atoms with E-state index < -0.39 is 0 Å². The van der Waals surface area contributed by atoms with Gasteiger partial charge in [0, 0.05) is 13.2 Å². The Hall–Kier alpha value is -0.0800. The van der Waals surface area contributed by atoms with Crippen LogP contribution in [0.25, 0.3) is 0 Å². The number of methoxy groups -OCH3 is 1. The van der Waals surface area contributed by atoms with Crippen LogP contribution in [-0.4, -0.2) is 18.8 Å². The zero-order valence-electron chi connectivity index (χ0n) is 7.48. The fraction of sp³-hybridized carbons (Fsp3) is 1.00. The number of hydrogen-bond acceptors (Lipinski definition) is 2. The molecule has 2 nitrogen and oxygen atoms in total. The molecule has 62 valence electrons. The lowest BCUT2D eigenvalue weighted by Crippen LogP contribution is -2.46. The van der Waals surface area contributed by atoms with Crippen molar-refractivity contribution >= 4 is 0 Å². The number of rotatable bonds is 4. The molecule has 0 aromatic rings. The molecule has 2 N–H and O–H groups in total. The molecule has 0 spiro atoms. The Balaban J connectivity index is 4.02. The molecule has 2 heteroatoms. The summed E-state index contributed by atoms with van der Waals surface area (Å²) in [7, 11) is 1.72. The Morgan fingerprint density at radius 3 is 2.10 bits per heavy atom. The molecule has 0 aromatic heterocycles. The number of hydrogen-bond donors (Lipinski definition) is 1. The van der Waals surface area contributed by atoms with Crippen LogP contribution in [0.15, 0.2) is 0 Å². The van der Waals surface area contributed by atoms with Gasteiger partial charge in [-0.2, -0.15) is 0 Å². The van der Waals surface area contributed by atoms with E-state index in [9.17, 15) is 0 Å². The fourth-order valence-corrected chi connectivity index (χ4v) is 0.990. The van der Waals surface area contributed by atoms with Crippen molar-refractivity contribution in [2.24, 2.45) is 5.73 Å². The lowest BCUT2D eigenvalue weighted by atomic mass is 9.92. The topological polar surface area (TPSA) is 35.2 Å². The van der Waals surface area contributed by atoms with Gasteiger partial charge in [0.2, 0.25) is 0 Å². The molecular formula is C8H19NO. The third-order valence-corrected chi connectivity index (χ3v) is 2.39. The smallest absolute Gasteiger partial charge is 0.0798 e. The van der Waals surface area contributed by atoms with E-state index in [1.165, 1.54) is 0 Å². The van der Waals surface area contributed by atoms with Gasteiger partial charge in [-0.15, -0.1) is 0 Å². The van der Waals surface area contributed by atoms with Gasteiger partial charge in [0.25, 0.3) is 0 Å². The molecule has 0 amide bonds. The molecular weight excluding hydrogens is 126 g/mol. The van der Waals surface area contributed by atoms with Gasteiger partial charge in [-0.25, -0.2) is 0 Å². The monoisotopic (exact) mass is 145 g/mol. The summed E-state index contributed by atoms with van der Waals surface area (Å²) in [5.74, 6) is 0. The molecule has 0 saturated heterocycles. The van der Waals surface area contributed by atoms with Gasteiger partial charge in [0.1, 0.15) is 0 Å². The van der Waals surface area contributed by atoms with Gasteiger partial charge >= 0.3 is 0 Å². The van der Waals surface area contributed by atoms with E-state index in [0.29, 0.717) is 0 Å². The van der Waals surface area contributed by atoms with Crippen LogP contribution in [0.4, 0.5) is 0 Å². The highest BCUT2D eigenvalue weighted by Crippen LogP contribution is 2.19. The zero-order chi connectivity index (χ0) is 8.20. The summed E-state index contributed by atoms with van der Waals surface area (Å²) in [5, 5.41) is 0. The van der Waals surface area contributed by atoms with Crippen LogP contribution in [0.3, 0.4) is 0 Å². The summed E-state index contributed by atoms with van der Waals surface area (Å²) in [6.45, 7) is 6.23. The third kappa shape index (κ3) is 1.96. The molecule has 0 rings (SSSR count). The Bertz CT molecular complexity index is 89.3. The molecule has 0 aliphatic heterocycles. The fourth-order valence-electron chi connectivity index (χ4n) is 0.990. The minimum atomic E-state index is -0.130. The first-order valence-corrected chi connectivity index (χ1v) is 3.91. The SMILES string of the molecule is CC[C@H](N)C(C)(CC)OC. The standard InChI is InChI=1S/C8H19NO/c1-5-7(9)8(3,6-2)10-4/h7H,5-6,9H2,1-4H3/t7-,8?/m0/s1. The van der Waals surface area contributed by atoms with E-state index in [0.717, 1.165) is 12.8 Å². The molecule has 0 saturated carbocycles. The molecule has 0 aliphatic rings. The highest BCUT2D eigenvalue weighted by Gasteiger charge is 2.27. The van der Waals surface area contributed by atoms with Crippen LogP contribution in [0.2, 0.25) is 0 Å². The molecule has 0 fully saturated rings. The predicted octanol–water partition coefficient (Wildman–Crippen LogP) is 1.54. The van der Waals surface area contributed by atoms with E-state index in [-0.39, 0.29) is 11.6 Å². The second kappa shape index (κ2) is 3.94. The lowest BCUT2D eigenvalue weighted by molar-refractivity contribution is -0.0194. The molecule has 0 aromatic carbocycles. The largest absolute Gasteiger partial charge is 0.377 e. The maximum atomic E-state index is 5.85. The Morgan fingerprint density at radius 1 is 1.50 bits per heavy atom. The highest BCUT2D eigenvalue weighted by molar-refractivity contribution is 4.84. The van der Waals surface area contributed by atoms with Crippen molar-refractivity contribution in [3.05, 3.63) is 0 Å². The van der Waals surface area contributed by atoms with Gasteiger partial charge in [-0.1, -0.05) is 13.8 Å². The average molecular weight is 145 g/mol. The van der Waals surface area contributed by atoms with Crippen molar-refractivity contribution in [2.45, 2.75) is 45.3 Å². The number of ether oxygens (including phenoxy) is 1. The van der Waals surface area contributed by atoms with Gasteiger partial charge in [0.05, 0.1) is 5.60 Å². The summed E-state index contributed by atoms with van der Waals surface area (Å²) in [4.78, 5) is 0. The van der Waals surface area contributed by atoms with Gasteiger partial charge < -0.3 is 10.5 Å². The molecule has 0 bridgehead atoms. The maximum Gasteiger partial charge on any atom is 0.0798 e. The van der Waals surface area contributed by atoms with Crippen LogP contribution in [0.5, 0.6) is 0 Å². The lowest BCUT2D eigenvalue weighted by Gasteiger charge is -2.32. The van der Waals surface area contributed by atoms with Crippen LogP contribution in [0.1, 0.15) is 33.6 Å². The second-order valence-corrected chi connectivity index (χ2v) is 2.89. The first-order chi connectivity index (χ1) is 4.60.